The number of rotatable bonds is 5. The predicted octanol–water partition coefficient (Wildman–Crippen LogP) is 2.44. The van der Waals surface area contributed by atoms with Crippen molar-refractivity contribution in [3.63, 3.8) is 0 Å². The summed E-state index contributed by atoms with van der Waals surface area (Å²) in [6.07, 6.45) is 1.37. The lowest BCUT2D eigenvalue weighted by molar-refractivity contribution is -0.116. The van der Waals surface area contributed by atoms with Gasteiger partial charge in [-0.15, -0.1) is 0 Å². The van der Waals surface area contributed by atoms with Gasteiger partial charge in [-0.3, -0.25) is 4.79 Å². The highest BCUT2D eigenvalue weighted by molar-refractivity contribution is 5.90. The van der Waals surface area contributed by atoms with Crippen molar-refractivity contribution in [1.82, 2.24) is 0 Å². The minimum Gasteiger partial charge on any atom is -0.382 e. The number of anilines is 1. The Bertz CT molecular complexity index is 298. The van der Waals surface area contributed by atoms with Crippen molar-refractivity contribution in [3.8, 4) is 0 Å². The van der Waals surface area contributed by atoms with Crippen LogP contribution in [0.2, 0.25) is 0 Å². The second-order valence-corrected chi connectivity index (χ2v) is 3.50. The molecular formula is C12H17NO2. The molecule has 1 rings (SSSR count). The summed E-state index contributed by atoms with van der Waals surface area (Å²) in [5.74, 6) is 0.0325. The molecule has 0 saturated heterocycles. The van der Waals surface area contributed by atoms with Crippen LogP contribution < -0.4 is 5.32 Å². The first kappa shape index (κ1) is 11.7. The first-order valence-electron chi connectivity index (χ1n) is 5.10. The van der Waals surface area contributed by atoms with Gasteiger partial charge in [-0.2, -0.15) is 0 Å². The number of benzene rings is 1. The Hall–Kier alpha value is -1.35. The van der Waals surface area contributed by atoms with Crippen molar-refractivity contribution >= 4 is 11.6 Å². The third-order valence-electron chi connectivity index (χ3n) is 2.24. The Morgan fingerprint density at radius 2 is 2.07 bits per heavy atom. The van der Waals surface area contributed by atoms with E-state index in [1.54, 1.807) is 7.11 Å². The molecule has 1 aromatic carbocycles. The molecule has 0 bridgehead atoms. The molecule has 1 unspecified atom stereocenters. The molecule has 0 spiro atoms. The predicted molar refractivity (Wildman–Crippen MR) is 60.8 cm³/mol. The lowest BCUT2D eigenvalue weighted by Crippen LogP contribution is -2.14. The van der Waals surface area contributed by atoms with Crippen LogP contribution in [0.15, 0.2) is 30.3 Å². The monoisotopic (exact) mass is 207 g/mol. The summed E-state index contributed by atoms with van der Waals surface area (Å²) in [6.45, 7) is 1.95. The van der Waals surface area contributed by atoms with Crippen molar-refractivity contribution in [3.05, 3.63) is 30.3 Å². The highest BCUT2D eigenvalue weighted by Gasteiger charge is 2.05. The standard InChI is InChI=1S/C12H17NO2/c1-10(15-2)8-9-12(14)13-11-6-4-3-5-7-11/h3-7,10H,8-9H2,1-2H3,(H,13,14). The molecule has 82 valence electrons. The molecule has 1 atom stereocenters. The first-order chi connectivity index (χ1) is 7.22. The minimum atomic E-state index is 0.0325. The summed E-state index contributed by atoms with van der Waals surface area (Å²) in [5, 5.41) is 2.83. The maximum Gasteiger partial charge on any atom is 0.224 e. The van der Waals surface area contributed by atoms with Crippen LogP contribution in [-0.4, -0.2) is 19.1 Å². The van der Waals surface area contributed by atoms with Gasteiger partial charge in [-0.1, -0.05) is 18.2 Å². The Labute approximate surface area is 90.4 Å². The minimum absolute atomic E-state index is 0.0325. The van der Waals surface area contributed by atoms with Gasteiger partial charge in [-0.05, 0) is 25.5 Å². The van der Waals surface area contributed by atoms with E-state index < -0.39 is 0 Å². The molecule has 0 aromatic heterocycles. The fourth-order valence-electron chi connectivity index (χ4n) is 1.20. The SMILES string of the molecule is COC(C)CCC(=O)Nc1ccccc1. The number of para-hydroxylation sites is 1. The van der Waals surface area contributed by atoms with Crippen LogP contribution in [0.5, 0.6) is 0 Å². The normalized spacial score (nSPS) is 12.1. The summed E-state index contributed by atoms with van der Waals surface area (Å²) in [4.78, 5) is 11.5. The summed E-state index contributed by atoms with van der Waals surface area (Å²) >= 11 is 0. The van der Waals surface area contributed by atoms with Crippen LogP contribution in [0, 0.1) is 0 Å². The summed E-state index contributed by atoms with van der Waals surface area (Å²) in [7, 11) is 1.65. The van der Waals surface area contributed by atoms with Gasteiger partial charge in [0.25, 0.3) is 0 Å². The molecule has 3 nitrogen and oxygen atoms in total. The van der Waals surface area contributed by atoms with E-state index in [2.05, 4.69) is 5.32 Å². The van der Waals surface area contributed by atoms with Gasteiger partial charge in [0.1, 0.15) is 0 Å². The number of hydrogen-bond acceptors (Lipinski definition) is 2. The fraction of sp³-hybridized carbons (Fsp3) is 0.417. The van der Waals surface area contributed by atoms with Crippen molar-refractivity contribution in [2.24, 2.45) is 0 Å². The van der Waals surface area contributed by atoms with E-state index in [0.717, 1.165) is 12.1 Å². The van der Waals surface area contributed by atoms with E-state index in [-0.39, 0.29) is 12.0 Å². The van der Waals surface area contributed by atoms with Crippen LogP contribution >= 0.6 is 0 Å². The van der Waals surface area contributed by atoms with Gasteiger partial charge in [0.2, 0.25) is 5.91 Å². The Morgan fingerprint density at radius 1 is 1.40 bits per heavy atom. The molecule has 0 aliphatic heterocycles. The second-order valence-electron chi connectivity index (χ2n) is 3.50. The van der Waals surface area contributed by atoms with Gasteiger partial charge in [0.05, 0.1) is 6.10 Å². The molecule has 0 heterocycles. The van der Waals surface area contributed by atoms with Gasteiger partial charge in [0, 0.05) is 19.2 Å². The maximum absolute atomic E-state index is 11.5. The van der Waals surface area contributed by atoms with Gasteiger partial charge < -0.3 is 10.1 Å². The molecule has 1 aromatic rings. The van der Waals surface area contributed by atoms with Gasteiger partial charge >= 0.3 is 0 Å². The van der Waals surface area contributed by atoms with Crippen LogP contribution in [-0.2, 0) is 9.53 Å². The summed E-state index contributed by atoms with van der Waals surface area (Å²) in [5.41, 5.74) is 0.840. The van der Waals surface area contributed by atoms with E-state index in [1.807, 2.05) is 37.3 Å². The lowest BCUT2D eigenvalue weighted by atomic mass is 10.2. The van der Waals surface area contributed by atoms with E-state index in [4.69, 9.17) is 4.74 Å². The molecule has 0 radical (unpaired) electrons. The van der Waals surface area contributed by atoms with Crippen molar-refractivity contribution in [1.29, 1.82) is 0 Å². The second kappa shape index (κ2) is 6.19. The van der Waals surface area contributed by atoms with Gasteiger partial charge in [0.15, 0.2) is 0 Å². The Morgan fingerprint density at radius 3 is 2.67 bits per heavy atom. The topological polar surface area (TPSA) is 38.3 Å². The average molecular weight is 207 g/mol. The molecule has 0 saturated carbocycles. The van der Waals surface area contributed by atoms with E-state index in [0.29, 0.717) is 6.42 Å². The first-order valence-corrected chi connectivity index (χ1v) is 5.10. The third kappa shape index (κ3) is 4.61. The maximum atomic E-state index is 11.5. The van der Waals surface area contributed by atoms with Crippen LogP contribution in [0.3, 0.4) is 0 Å². The number of carbonyl (C=O) groups is 1. The number of methoxy groups -OCH3 is 1. The Balaban J connectivity index is 2.31. The number of ether oxygens (including phenoxy) is 1. The van der Waals surface area contributed by atoms with Crippen LogP contribution in [0.25, 0.3) is 0 Å². The van der Waals surface area contributed by atoms with E-state index in [9.17, 15) is 4.79 Å². The van der Waals surface area contributed by atoms with Crippen LogP contribution in [0.1, 0.15) is 19.8 Å². The number of amides is 1. The Kier molecular flexibility index (Phi) is 4.84. The molecule has 3 heteroatoms. The van der Waals surface area contributed by atoms with Crippen LogP contribution in [0.4, 0.5) is 5.69 Å². The van der Waals surface area contributed by atoms with Crippen molar-refractivity contribution in [2.45, 2.75) is 25.9 Å². The third-order valence-corrected chi connectivity index (χ3v) is 2.24. The zero-order chi connectivity index (χ0) is 11.1. The highest BCUT2D eigenvalue weighted by atomic mass is 16.5. The zero-order valence-electron chi connectivity index (χ0n) is 9.19. The smallest absolute Gasteiger partial charge is 0.224 e. The molecular weight excluding hydrogens is 190 g/mol. The molecule has 15 heavy (non-hydrogen) atoms. The molecule has 1 N–H and O–H groups in total. The van der Waals surface area contributed by atoms with Crippen molar-refractivity contribution < 1.29 is 9.53 Å². The molecule has 0 fully saturated rings. The molecule has 0 aliphatic rings. The van der Waals surface area contributed by atoms with Crippen molar-refractivity contribution in [2.75, 3.05) is 12.4 Å². The molecule has 1 amide bonds. The van der Waals surface area contributed by atoms with E-state index in [1.165, 1.54) is 0 Å². The summed E-state index contributed by atoms with van der Waals surface area (Å²) < 4.78 is 5.07. The molecule has 0 aliphatic carbocycles. The van der Waals surface area contributed by atoms with Gasteiger partial charge in [-0.25, -0.2) is 0 Å². The average Bonchev–Trinajstić information content (AvgIpc) is 2.27. The quantitative estimate of drug-likeness (QED) is 0.805. The largest absolute Gasteiger partial charge is 0.382 e. The number of nitrogens with one attached hydrogen (secondary N) is 1. The number of carbonyl (C=O) groups excluding carboxylic acids is 1. The fourth-order valence-corrected chi connectivity index (χ4v) is 1.20. The zero-order valence-corrected chi connectivity index (χ0v) is 9.19. The summed E-state index contributed by atoms with van der Waals surface area (Å²) in [6, 6.07) is 9.46. The number of hydrogen-bond donors (Lipinski definition) is 1. The lowest BCUT2D eigenvalue weighted by Gasteiger charge is -2.09. The highest BCUT2D eigenvalue weighted by Crippen LogP contribution is 2.07. The van der Waals surface area contributed by atoms with E-state index >= 15 is 0 Å².